The van der Waals surface area contributed by atoms with Gasteiger partial charge in [0.2, 0.25) is 0 Å². The Morgan fingerprint density at radius 1 is 1.22 bits per heavy atom. The second-order valence-corrected chi connectivity index (χ2v) is 7.25. The zero-order valence-corrected chi connectivity index (χ0v) is 18.4. The number of imidazole rings is 1. The first-order valence-corrected chi connectivity index (χ1v) is 10.3. The number of fused-ring (bicyclic) bond motifs is 1. The van der Waals surface area contributed by atoms with Gasteiger partial charge in [-0.3, -0.25) is 15.0 Å². The fourth-order valence-electron chi connectivity index (χ4n) is 3.26. The van der Waals surface area contributed by atoms with Gasteiger partial charge in [-0.2, -0.15) is 0 Å². The molecule has 1 aromatic heterocycles. The van der Waals surface area contributed by atoms with Crippen molar-refractivity contribution in [3.05, 3.63) is 47.5 Å². The number of aryl methyl sites for hydroxylation is 1. The molecule has 4 N–H and O–H groups in total. The summed E-state index contributed by atoms with van der Waals surface area (Å²) in [4.78, 5) is 28.8. The zero-order valence-electron chi connectivity index (χ0n) is 18.4. The molecular formula is C23H27N5O4. The molecule has 0 radical (unpaired) electrons. The number of nitrogens with two attached hydrogens (primary N) is 1. The van der Waals surface area contributed by atoms with Crippen molar-refractivity contribution in [3.63, 3.8) is 0 Å². The van der Waals surface area contributed by atoms with Crippen LogP contribution in [0.1, 0.15) is 35.7 Å². The van der Waals surface area contributed by atoms with Gasteiger partial charge in [-0.1, -0.05) is 31.2 Å². The van der Waals surface area contributed by atoms with Crippen molar-refractivity contribution in [2.75, 3.05) is 20.3 Å². The number of carbonyl (C=O) groups is 2. The highest BCUT2D eigenvalue weighted by atomic mass is 16.5. The third-order valence-corrected chi connectivity index (χ3v) is 4.98. The van der Waals surface area contributed by atoms with Crippen molar-refractivity contribution >= 4 is 28.7 Å². The molecule has 3 rings (SSSR count). The quantitative estimate of drug-likeness (QED) is 0.268. The highest BCUT2D eigenvalue weighted by Crippen LogP contribution is 2.30. The van der Waals surface area contributed by atoms with E-state index < -0.39 is 5.97 Å². The van der Waals surface area contributed by atoms with E-state index in [9.17, 15) is 9.59 Å². The first kappa shape index (κ1) is 22.8. The van der Waals surface area contributed by atoms with Gasteiger partial charge in [-0.15, -0.1) is 0 Å². The molecule has 0 saturated heterocycles. The van der Waals surface area contributed by atoms with E-state index in [0.29, 0.717) is 34.8 Å². The zero-order chi connectivity index (χ0) is 23.3. The fourth-order valence-corrected chi connectivity index (χ4v) is 3.26. The van der Waals surface area contributed by atoms with Gasteiger partial charge in [0, 0.05) is 30.8 Å². The van der Waals surface area contributed by atoms with Gasteiger partial charge in [0.1, 0.15) is 17.4 Å². The molecule has 9 heteroatoms. The Hall–Kier alpha value is -3.88. The molecule has 0 aliphatic carbocycles. The molecule has 0 spiro atoms. The number of nitrogen functional groups attached to an aromatic ring is 1. The number of nitrogens with one attached hydrogen (secondary N) is 2. The molecule has 0 atom stereocenters. The summed E-state index contributed by atoms with van der Waals surface area (Å²) in [6, 6.07) is 10.8. The number of benzene rings is 2. The van der Waals surface area contributed by atoms with Crippen molar-refractivity contribution in [1.29, 1.82) is 5.41 Å². The lowest BCUT2D eigenvalue weighted by atomic mass is 10.1. The van der Waals surface area contributed by atoms with Gasteiger partial charge in [0.25, 0.3) is 5.91 Å². The lowest BCUT2D eigenvalue weighted by molar-refractivity contribution is -0.140. The van der Waals surface area contributed by atoms with E-state index >= 15 is 0 Å². The molecular weight excluding hydrogens is 410 g/mol. The lowest BCUT2D eigenvalue weighted by Crippen LogP contribution is -2.27. The van der Waals surface area contributed by atoms with E-state index in [1.807, 2.05) is 30.7 Å². The van der Waals surface area contributed by atoms with Crippen LogP contribution in [0.25, 0.3) is 22.4 Å². The molecule has 9 nitrogen and oxygen atoms in total. The van der Waals surface area contributed by atoms with E-state index in [-0.39, 0.29) is 24.7 Å². The van der Waals surface area contributed by atoms with Crippen molar-refractivity contribution in [3.8, 4) is 17.1 Å². The maximum Gasteiger partial charge on any atom is 0.307 e. The number of hydrogen-bond acceptors (Lipinski definition) is 6. The first-order chi connectivity index (χ1) is 15.3. The summed E-state index contributed by atoms with van der Waals surface area (Å²) in [5.74, 6) is 0.423. The van der Waals surface area contributed by atoms with Crippen LogP contribution in [-0.4, -0.2) is 47.5 Å². The molecule has 168 valence electrons. The maximum absolute atomic E-state index is 12.8. The predicted octanol–water partition coefficient (Wildman–Crippen LogP) is 2.61. The number of ether oxygens (including phenoxy) is 2. The van der Waals surface area contributed by atoms with E-state index in [0.717, 1.165) is 17.5 Å². The molecule has 0 bridgehead atoms. The Bertz CT molecular complexity index is 1150. The molecule has 2 aromatic carbocycles. The normalized spacial score (nSPS) is 10.7. The van der Waals surface area contributed by atoms with Gasteiger partial charge in [-0.05, 0) is 12.5 Å². The molecule has 3 aromatic rings. The number of esters is 1. The average Bonchev–Trinajstić information content (AvgIpc) is 3.12. The number of carbonyl (C=O) groups excluding carboxylic acids is 2. The van der Waals surface area contributed by atoms with Crippen molar-refractivity contribution < 1.29 is 19.1 Å². The number of amidine groups is 1. The number of methoxy groups -OCH3 is 1. The largest absolute Gasteiger partial charge is 0.493 e. The second-order valence-electron chi connectivity index (χ2n) is 7.25. The van der Waals surface area contributed by atoms with Crippen LogP contribution >= 0.6 is 0 Å². The molecule has 0 saturated carbocycles. The lowest BCUT2D eigenvalue weighted by Gasteiger charge is -2.12. The number of nitrogens with zero attached hydrogens (tertiary/aromatic N) is 2. The Morgan fingerprint density at radius 2 is 1.94 bits per heavy atom. The fraction of sp³-hybridized carbons (Fsp3) is 0.304. The Balaban J connectivity index is 1.97. The van der Waals surface area contributed by atoms with Crippen LogP contribution in [0.15, 0.2) is 36.4 Å². The Kier molecular flexibility index (Phi) is 7.09. The molecule has 0 aliphatic heterocycles. The molecule has 1 heterocycles. The van der Waals surface area contributed by atoms with Crippen LogP contribution in [-0.2, 0) is 16.6 Å². The van der Waals surface area contributed by atoms with Crippen LogP contribution < -0.4 is 15.8 Å². The highest BCUT2D eigenvalue weighted by Gasteiger charge is 2.19. The Labute approximate surface area is 186 Å². The van der Waals surface area contributed by atoms with Gasteiger partial charge >= 0.3 is 5.97 Å². The highest BCUT2D eigenvalue weighted by molar-refractivity contribution is 6.01. The monoisotopic (exact) mass is 437 g/mol. The van der Waals surface area contributed by atoms with Crippen LogP contribution in [0.3, 0.4) is 0 Å². The summed E-state index contributed by atoms with van der Waals surface area (Å²) in [6.07, 6.45) is 0.875. The van der Waals surface area contributed by atoms with Crippen LogP contribution in [0.4, 0.5) is 0 Å². The predicted molar refractivity (Wildman–Crippen MR) is 122 cm³/mol. The van der Waals surface area contributed by atoms with Crippen molar-refractivity contribution in [2.24, 2.45) is 12.8 Å². The minimum atomic E-state index is -0.395. The number of hydrogen-bond donors (Lipinski definition) is 3. The van der Waals surface area contributed by atoms with Crippen LogP contribution in [0, 0.1) is 5.41 Å². The summed E-state index contributed by atoms with van der Waals surface area (Å²) in [5, 5.41) is 10.3. The summed E-state index contributed by atoms with van der Waals surface area (Å²) < 4.78 is 12.4. The average molecular weight is 438 g/mol. The number of amides is 1. The van der Waals surface area contributed by atoms with Gasteiger partial charge in [0.05, 0.1) is 36.7 Å². The molecule has 0 unspecified atom stereocenters. The maximum atomic E-state index is 12.8. The second kappa shape index (κ2) is 9.95. The minimum absolute atomic E-state index is 0.00196. The van der Waals surface area contributed by atoms with Crippen molar-refractivity contribution in [2.45, 2.75) is 19.8 Å². The molecule has 0 aliphatic rings. The standard InChI is InChI=1S/C23H27N5O4/c1-4-11-32-19-13-18-17(12-16(19)23(30)26-10-9-20(29)31-3)27-22(28(18)2)15-7-5-14(6-8-15)21(24)25/h5-8,12-13H,4,9-11H2,1-3H3,(H3,24,25)(H,26,30). The Morgan fingerprint density at radius 3 is 2.56 bits per heavy atom. The number of aromatic nitrogens is 2. The van der Waals surface area contributed by atoms with E-state index in [4.69, 9.17) is 20.9 Å². The smallest absolute Gasteiger partial charge is 0.307 e. The van der Waals surface area contributed by atoms with E-state index in [2.05, 4.69) is 10.1 Å². The summed E-state index contributed by atoms with van der Waals surface area (Å²) >= 11 is 0. The van der Waals surface area contributed by atoms with Gasteiger partial charge in [0.15, 0.2) is 0 Å². The molecule has 1 amide bonds. The molecule has 32 heavy (non-hydrogen) atoms. The SMILES string of the molecule is CCCOc1cc2c(cc1C(=O)NCCC(=O)OC)nc(-c1ccc(C(=N)N)cc1)n2C. The van der Waals surface area contributed by atoms with Crippen molar-refractivity contribution in [1.82, 2.24) is 14.9 Å². The van der Waals surface area contributed by atoms with Crippen LogP contribution in [0.2, 0.25) is 0 Å². The van der Waals surface area contributed by atoms with Gasteiger partial charge in [-0.25, -0.2) is 4.98 Å². The third kappa shape index (κ3) is 4.88. The van der Waals surface area contributed by atoms with E-state index in [1.54, 1.807) is 24.3 Å². The summed E-state index contributed by atoms with van der Waals surface area (Å²) in [6.45, 7) is 2.61. The van der Waals surface area contributed by atoms with E-state index in [1.165, 1.54) is 7.11 Å². The third-order valence-electron chi connectivity index (χ3n) is 4.98. The van der Waals surface area contributed by atoms with Crippen LogP contribution in [0.5, 0.6) is 5.75 Å². The van der Waals surface area contributed by atoms with Gasteiger partial charge < -0.3 is 25.1 Å². The minimum Gasteiger partial charge on any atom is -0.493 e. The number of rotatable bonds is 9. The summed E-state index contributed by atoms with van der Waals surface area (Å²) in [7, 11) is 3.20. The molecule has 0 fully saturated rings. The first-order valence-electron chi connectivity index (χ1n) is 10.3. The topological polar surface area (TPSA) is 132 Å². The summed E-state index contributed by atoms with van der Waals surface area (Å²) in [5.41, 5.74) is 8.83.